The predicted octanol–water partition coefficient (Wildman–Crippen LogP) is 1.09. The van der Waals surface area contributed by atoms with Crippen LogP contribution in [0.3, 0.4) is 0 Å². The lowest BCUT2D eigenvalue weighted by Crippen LogP contribution is -2.32. The van der Waals surface area contributed by atoms with Crippen LogP contribution >= 0.6 is 0 Å². The highest BCUT2D eigenvalue weighted by molar-refractivity contribution is 7.92. The zero-order valence-corrected chi connectivity index (χ0v) is 11.0. The number of nitrogens with zero attached hydrogens (tertiary/aromatic N) is 1. The van der Waals surface area contributed by atoms with Gasteiger partial charge < -0.3 is 5.32 Å². The maximum Gasteiger partial charge on any atom is 0.269 e. The minimum Gasteiger partial charge on any atom is -0.313 e. The molecule has 1 aromatic carbocycles. The number of anilines is 1. The van der Waals surface area contributed by atoms with E-state index in [0.29, 0.717) is 5.69 Å². The molecule has 1 saturated heterocycles. The van der Waals surface area contributed by atoms with Crippen molar-refractivity contribution >= 4 is 21.4 Å². The van der Waals surface area contributed by atoms with Gasteiger partial charge in [-0.3, -0.25) is 14.8 Å². The van der Waals surface area contributed by atoms with Crippen LogP contribution in [-0.2, 0) is 10.0 Å². The van der Waals surface area contributed by atoms with E-state index < -0.39 is 14.9 Å². The fourth-order valence-corrected chi connectivity index (χ4v) is 3.43. The molecule has 0 spiro atoms. The molecular formula is C11H15N3O4S. The van der Waals surface area contributed by atoms with Gasteiger partial charge in [-0.25, -0.2) is 8.42 Å². The topological polar surface area (TPSA) is 101 Å². The summed E-state index contributed by atoms with van der Waals surface area (Å²) in [6.07, 6.45) is 1.83. The summed E-state index contributed by atoms with van der Waals surface area (Å²) in [5.41, 5.74) is 0.268. The molecule has 0 bridgehead atoms. The van der Waals surface area contributed by atoms with Crippen molar-refractivity contribution in [2.75, 3.05) is 17.0 Å². The number of sulfonamides is 1. The second-order valence-corrected chi connectivity index (χ2v) is 6.25. The summed E-state index contributed by atoms with van der Waals surface area (Å²) in [7, 11) is -3.43. The van der Waals surface area contributed by atoms with E-state index in [1.54, 1.807) is 0 Å². The van der Waals surface area contributed by atoms with Gasteiger partial charge in [0.15, 0.2) is 0 Å². The summed E-state index contributed by atoms with van der Waals surface area (Å²) < 4.78 is 26.2. The predicted molar refractivity (Wildman–Crippen MR) is 71.5 cm³/mol. The first-order valence-corrected chi connectivity index (χ1v) is 7.60. The average Bonchev–Trinajstić information content (AvgIpc) is 2.81. The monoisotopic (exact) mass is 285 g/mol. The van der Waals surface area contributed by atoms with E-state index in [1.807, 2.05) is 0 Å². The lowest BCUT2D eigenvalue weighted by Gasteiger charge is -2.12. The Kier molecular flexibility index (Phi) is 4.01. The Morgan fingerprint density at radius 1 is 1.37 bits per heavy atom. The molecule has 8 heteroatoms. The fraction of sp³-hybridized carbons (Fsp3) is 0.455. The van der Waals surface area contributed by atoms with Gasteiger partial charge in [-0.1, -0.05) is 0 Å². The maximum atomic E-state index is 11.9. The number of nitrogens with one attached hydrogen (secondary N) is 2. The number of nitro benzene ring substituents is 1. The molecule has 0 aliphatic carbocycles. The van der Waals surface area contributed by atoms with Crippen molar-refractivity contribution < 1.29 is 13.3 Å². The first-order valence-electron chi connectivity index (χ1n) is 5.94. The first kappa shape index (κ1) is 13.8. The summed E-state index contributed by atoms with van der Waals surface area (Å²) in [5, 5.41) is 13.6. The van der Waals surface area contributed by atoms with Crippen molar-refractivity contribution in [3.05, 3.63) is 34.4 Å². The third kappa shape index (κ3) is 3.90. The highest BCUT2D eigenvalue weighted by atomic mass is 32.2. The van der Waals surface area contributed by atoms with Crippen molar-refractivity contribution in [3.8, 4) is 0 Å². The van der Waals surface area contributed by atoms with Crippen LogP contribution in [0.25, 0.3) is 0 Å². The average molecular weight is 285 g/mol. The Balaban J connectivity index is 2.00. The molecule has 1 fully saturated rings. The van der Waals surface area contributed by atoms with E-state index in [4.69, 9.17) is 0 Å². The highest BCUT2D eigenvalue weighted by Crippen LogP contribution is 2.17. The van der Waals surface area contributed by atoms with Gasteiger partial charge in [-0.15, -0.1) is 0 Å². The summed E-state index contributed by atoms with van der Waals surface area (Å²) in [6, 6.07) is 5.29. The lowest BCUT2D eigenvalue weighted by atomic mass is 10.3. The molecule has 1 unspecified atom stereocenters. The van der Waals surface area contributed by atoms with Gasteiger partial charge in [0.25, 0.3) is 5.69 Å². The standard InChI is InChI=1S/C11H15N3O4S/c15-14(16)11-5-3-9(4-6-11)13-19(17,18)8-10-2-1-7-12-10/h3-6,10,12-13H,1-2,7-8H2. The van der Waals surface area contributed by atoms with E-state index in [2.05, 4.69) is 10.0 Å². The third-order valence-electron chi connectivity index (χ3n) is 2.93. The van der Waals surface area contributed by atoms with Crippen LogP contribution in [0.4, 0.5) is 11.4 Å². The van der Waals surface area contributed by atoms with Crippen molar-refractivity contribution in [1.82, 2.24) is 5.32 Å². The molecule has 2 rings (SSSR count). The molecule has 2 N–H and O–H groups in total. The van der Waals surface area contributed by atoms with Crippen LogP contribution in [0, 0.1) is 10.1 Å². The minimum absolute atomic E-state index is 0.0178. The quantitative estimate of drug-likeness (QED) is 0.623. The first-order chi connectivity index (χ1) is 8.96. The van der Waals surface area contributed by atoms with Crippen LogP contribution in [0.2, 0.25) is 0 Å². The lowest BCUT2D eigenvalue weighted by molar-refractivity contribution is -0.384. The van der Waals surface area contributed by atoms with Gasteiger partial charge >= 0.3 is 0 Å². The van der Waals surface area contributed by atoms with Crippen LogP contribution in [-0.4, -0.2) is 31.7 Å². The normalized spacial score (nSPS) is 19.3. The molecule has 1 heterocycles. The Morgan fingerprint density at radius 2 is 2.05 bits per heavy atom. The molecular weight excluding hydrogens is 270 g/mol. The summed E-state index contributed by atoms with van der Waals surface area (Å²) in [5.74, 6) is 0.0178. The smallest absolute Gasteiger partial charge is 0.269 e. The van der Waals surface area contributed by atoms with Crippen LogP contribution < -0.4 is 10.0 Å². The van der Waals surface area contributed by atoms with Crippen molar-refractivity contribution in [2.45, 2.75) is 18.9 Å². The molecule has 0 saturated carbocycles. The number of hydrogen-bond donors (Lipinski definition) is 2. The SMILES string of the molecule is O=[N+]([O-])c1ccc(NS(=O)(=O)CC2CCCN2)cc1. The second-order valence-electron chi connectivity index (χ2n) is 4.48. The number of nitro groups is 1. The van der Waals surface area contributed by atoms with Crippen LogP contribution in [0.15, 0.2) is 24.3 Å². The highest BCUT2D eigenvalue weighted by Gasteiger charge is 2.22. The van der Waals surface area contributed by atoms with Gasteiger partial charge in [-0.05, 0) is 31.5 Å². The van der Waals surface area contributed by atoms with Crippen molar-refractivity contribution in [2.24, 2.45) is 0 Å². The Morgan fingerprint density at radius 3 is 2.58 bits per heavy atom. The summed E-state index contributed by atoms with van der Waals surface area (Å²) >= 11 is 0. The third-order valence-corrected chi connectivity index (χ3v) is 4.32. The Bertz CT molecular complexity index is 550. The minimum atomic E-state index is -3.43. The van der Waals surface area contributed by atoms with E-state index >= 15 is 0 Å². The largest absolute Gasteiger partial charge is 0.313 e. The van der Waals surface area contributed by atoms with Gasteiger partial charge in [0.05, 0.1) is 10.7 Å². The molecule has 1 aliphatic heterocycles. The van der Waals surface area contributed by atoms with E-state index in [0.717, 1.165) is 19.4 Å². The zero-order chi connectivity index (χ0) is 13.9. The van der Waals surface area contributed by atoms with E-state index in [-0.39, 0.29) is 17.5 Å². The van der Waals surface area contributed by atoms with Gasteiger partial charge in [0, 0.05) is 23.9 Å². The molecule has 7 nitrogen and oxygen atoms in total. The Hall–Kier alpha value is -1.67. The molecule has 0 aromatic heterocycles. The summed E-state index contributed by atoms with van der Waals surface area (Å²) in [4.78, 5) is 9.96. The summed E-state index contributed by atoms with van der Waals surface area (Å²) in [6.45, 7) is 0.845. The molecule has 19 heavy (non-hydrogen) atoms. The van der Waals surface area contributed by atoms with Crippen molar-refractivity contribution in [1.29, 1.82) is 0 Å². The zero-order valence-electron chi connectivity index (χ0n) is 10.2. The fourth-order valence-electron chi connectivity index (χ4n) is 2.04. The maximum absolute atomic E-state index is 11.9. The van der Waals surface area contributed by atoms with Crippen LogP contribution in [0.5, 0.6) is 0 Å². The number of rotatable bonds is 5. The molecule has 1 atom stereocenters. The Labute approximate surface area is 111 Å². The van der Waals surface area contributed by atoms with Gasteiger partial charge in [-0.2, -0.15) is 0 Å². The number of benzene rings is 1. The van der Waals surface area contributed by atoms with Crippen molar-refractivity contribution in [3.63, 3.8) is 0 Å². The van der Waals surface area contributed by atoms with E-state index in [1.165, 1.54) is 24.3 Å². The van der Waals surface area contributed by atoms with E-state index in [9.17, 15) is 18.5 Å². The molecule has 0 radical (unpaired) electrons. The number of hydrogen-bond acceptors (Lipinski definition) is 5. The molecule has 1 aromatic rings. The van der Waals surface area contributed by atoms with Crippen LogP contribution in [0.1, 0.15) is 12.8 Å². The number of non-ortho nitro benzene ring substituents is 1. The van der Waals surface area contributed by atoms with Gasteiger partial charge in [0.2, 0.25) is 10.0 Å². The van der Waals surface area contributed by atoms with Gasteiger partial charge in [0.1, 0.15) is 0 Å². The molecule has 0 amide bonds. The molecule has 104 valence electrons. The molecule has 1 aliphatic rings. The second kappa shape index (κ2) is 5.54.